The van der Waals surface area contributed by atoms with Gasteiger partial charge in [0.05, 0.1) is 5.41 Å². The second kappa shape index (κ2) is 6.57. The highest BCUT2D eigenvalue weighted by Crippen LogP contribution is 2.37. The predicted octanol–water partition coefficient (Wildman–Crippen LogP) is 2.00. The SMILES string of the molecule is CC(C)(C)N(CC(=O)O)C(=O)C1(CN)CCCCCC1. The zero-order valence-electron chi connectivity index (χ0n) is 12.9. The molecule has 1 saturated carbocycles. The van der Waals surface area contributed by atoms with Crippen molar-refractivity contribution in [3.8, 4) is 0 Å². The zero-order chi connectivity index (χ0) is 15.4. The lowest BCUT2D eigenvalue weighted by Gasteiger charge is -2.42. The van der Waals surface area contributed by atoms with Crippen molar-refractivity contribution in [1.82, 2.24) is 4.90 Å². The van der Waals surface area contributed by atoms with Gasteiger partial charge < -0.3 is 15.7 Å². The number of nitrogens with zero attached hydrogens (tertiary/aromatic N) is 1. The second-order valence-corrected chi connectivity index (χ2v) is 6.85. The van der Waals surface area contributed by atoms with Crippen LogP contribution in [0.4, 0.5) is 0 Å². The third-order valence-electron chi connectivity index (χ3n) is 4.25. The summed E-state index contributed by atoms with van der Waals surface area (Å²) in [6, 6.07) is 0. The minimum atomic E-state index is -0.978. The Labute approximate surface area is 121 Å². The van der Waals surface area contributed by atoms with Crippen molar-refractivity contribution in [1.29, 1.82) is 0 Å². The van der Waals surface area contributed by atoms with Crippen LogP contribution < -0.4 is 5.73 Å². The summed E-state index contributed by atoms with van der Waals surface area (Å²) in [6.45, 7) is 5.65. The lowest BCUT2D eigenvalue weighted by atomic mass is 9.78. The third kappa shape index (κ3) is 3.95. The average molecular weight is 284 g/mol. The van der Waals surface area contributed by atoms with E-state index in [1.54, 1.807) is 0 Å². The average Bonchev–Trinajstić information content (AvgIpc) is 2.60. The molecule has 1 aliphatic rings. The van der Waals surface area contributed by atoms with Gasteiger partial charge in [-0.1, -0.05) is 25.7 Å². The minimum Gasteiger partial charge on any atom is -0.480 e. The van der Waals surface area contributed by atoms with Crippen LogP contribution >= 0.6 is 0 Å². The van der Waals surface area contributed by atoms with Gasteiger partial charge in [-0.3, -0.25) is 9.59 Å². The van der Waals surface area contributed by atoms with Crippen LogP contribution in [-0.4, -0.2) is 40.5 Å². The first-order valence-corrected chi connectivity index (χ1v) is 7.47. The Bertz CT molecular complexity index is 353. The van der Waals surface area contributed by atoms with Crippen LogP contribution in [0, 0.1) is 5.41 Å². The van der Waals surface area contributed by atoms with Crippen molar-refractivity contribution in [3.63, 3.8) is 0 Å². The van der Waals surface area contributed by atoms with Crippen LogP contribution in [-0.2, 0) is 9.59 Å². The largest absolute Gasteiger partial charge is 0.480 e. The zero-order valence-corrected chi connectivity index (χ0v) is 12.9. The standard InChI is InChI=1S/C15H28N2O3/c1-14(2,3)17(10-12(18)19)13(20)15(11-16)8-6-4-5-7-9-15/h4-11,16H2,1-3H3,(H,18,19). The van der Waals surface area contributed by atoms with Crippen molar-refractivity contribution >= 4 is 11.9 Å². The molecule has 0 aliphatic heterocycles. The van der Waals surface area contributed by atoms with Crippen molar-refractivity contribution in [2.45, 2.75) is 64.8 Å². The molecule has 1 amide bonds. The van der Waals surface area contributed by atoms with Crippen LogP contribution in [0.15, 0.2) is 0 Å². The first kappa shape index (κ1) is 17.0. The maximum Gasteiger partial charge on any atom is 0.323 e. The van der Waals surface area contributed by atoms with Crippen molar-refractivity contribution in [3.05, 3.63) is 0 Å². The monoisotopic (exact) mass is 284 g/mol. The normalized spacial score (nSPS) is 19.2. The van der Waals surface area contributed by atoms with Gasteiger partial charge in [0.25, 0.3) is 0 Å². The lowest BCUT2D eigenvalue weighted by Crippen LogP contribution is -2.56. The number of nitrogens with two attached hydrogens (primary N) is 1. The molecule has 0 saturated heterocycles. The van der Waals surface area contributed by atoms with E-state index >= 15 is 0 Å². The maximum atomic E-state index is 13.0. The number of carbonyl (C=O) groups excluding carboxylic acids is 1. The van der Waals surface area contributed by atoms with Crippen LogP contribution in [0.3, 0.4) is 0 Å². The Hall–Kier alpha value is -1.10. The molecule has 5 nitrogen and oxygen atoms in total. The molecular weight excluding hydrogens is 256 g/mol. The van der Waals surface area contributed by atoms with E-state index in [0.717, 1.165) is 38.5 Å². The van der Waals surface area contributed by atoms with E-state index in [2.05, 4.69) is 0 Å². The highest BCUT2D eigenvalue weighted by Gasteiger charge is 2.43. The van der Waals surface area contributed by atoms with Gasteiger partial charge in [-0.2, -0.15) is 0 Å². The molecule has 0 aromatic rings. The summed E-state index contributed by atoms with van der Waals surface area (Å²) in [5.74, 6) is -1.06. The quantitative estimate of drug-likeness (QED) is 0.773. The van der Waals surface area contributed by atoms with Gasteiger partial charge in [0.1, 0.15) is 6.54 Å². The molecule has 0 radical (unpaired) electrons. The molecule has 0 heterocycles. The summed E-state index contributed by atoms with van der Waals surface area (Å²) < 4.78 is 0. The fraction of sp³-hybridized carbons (Fsp3) is 0.867. The van der Waals surface area contributed by atoms with Gasteiger partial charge in [0.15, 0.2) is 0 Å². The smallest absolute Gasteiger partial charge is 0.323 e. The highest BCUT2D eigenvalue weighted by atomic mass is 16.4. The minimum absolute atomic E-state index is 0.0863. The molecule has 0 aromatic carbocycles. The number of hydrogen-bond donors (Lipinski definition) is 2. The number of rotatable bonds is 4. The van der Waals surface area contributed by atoms with E-state index in [9.17, 15) is 9.59 Å². The van der Waals surface area contributed by atoms with E-state index in [1.807, 2.05) is 20.8 Å². The van der Waals surface area contributed by atoms with Gasteiger partial charge in [0, 0.05) is 12.1 Å². The fourth-order valence-corrected chi connectivity index (χ4v) is 2.95. The molecule has 1 rings (SSSR count). The molecule has 116 valence electrons. The molecular formula is C15H28N2O3. The topological polar surface area (TPSA) is 83.6 Å². The Morgan fingerprint density at radius 1 is 1.15 bits per heavy atom. The summed E-state index contributed by atoms with van der Waals surface area (Å²) in [7, 11) is 0. The Balaban J connectivity index is 3.03. The van der Waals surface area contributed by atoms with E-state index in [0.29, 0.717) is 6.54 Å². The highest BCUT2D eigenvalue weighted by molar-refractivity contribution is 5.87. The fourth-order valence-electron chi connectivity index (χ4n) is 2.95. The van der Waals surface area contributed by atoms with Gasteiger partial charge in [0.2, 0.25) is 5.91 Å². The summed E-state index contributed by atoms with van der Waals surface area (Å²) in [5, 5.41) is 9.08. The molecule has 0 unspecified atom stereocenters. The number of carboxylic acids is 1. The lowest BCUT2D eigenvalue weighted by molar-refractivity contribution is -0.155. The third-order valence-corrected chi connectivity index (χ3v) is 4.25. The molecule has 1 aliphatic carbocycles. The molecule has 0 spiro atoms. The summed E-state index contributed by atoms with van der Waals surface area (Å²) >= 11 is 0. The number of aliphatic carboxylic acids is 1. The van der Waals surface area contributed by atoms with Crippen LogP contribution in [0.2, 0.25) is 0 Å². The van der Waals surface area contributed by atoms with Gasteiger partial charge >= 0.3 is 5.97 Å². The molecule has 0 atom stereocenters. The number of amides is 1. The van der Waals surface area contributed by atoms with E-state index in [1.165, 1.54) is 4.90 Å². The van der Waals surface area contributed by atoms with Gasteiger partial charge in [-0.05, 0) is 33.6 Å². The molecule has 5 heteroatoms. The Morgan fingerprint density at radius 2 is 1.65 bits per heavy atom. The van der Waals surface area contributed by atoms with Crippen molar-refractivity contribution < 1.29 is 14.7 Å². The second-order valence-electron chi connectivity index (χ2n) is 6.85. The number of carboxylic acid groups (broad SMARTS) is 1. The number of hydrogen-bond acceptors (Lipinski definition) is 3. The van der Waals surface area contributed by atoms with E-state index in [4.69, 9.17) is 10.8 Å². The number of carbonyl (C=O) groups is 2. The van der Waals surface area contributed by atoms with Crippen LogP contribution in [0.5, 0.6) is 0 Å². The Kier molecular flexibility index (Phi) is 5.57. The molecule has 0 aromatic heterocycles. The van der Waals surface area contributed by atoms with Gasteiger partial charge in [-0.15, -0.1) is 0 Å². The Morgan fingerprint density at radius 3 is 2.00 bits per heavy atom. The first-order valence-electron chi connectivity index (χ1n) is 7.47. The van der Waals surface area contributed by atoms with E-state index < -0.39 is 16.9 Å². The van der Waals surface area contributed by atoms with Crippen LogP contribution in [0.1, 0.15) is 59.3 Å². The molecule has 1 fully saturated rings. The molecule has 20 heavy (non-hydrogen) atoms. The summed E-state index contributed by atoms with van der Waals surface area (Å²) in [5.41, 5.74) is 4.85. The molecule has 0 bridgehead atoms. The van der Waals surface area contributed by atoms with Gasteiger partial charge in [-0.25, -0.2) is 0 Å². The summed E-state index contributed by atoms with van der Waals surface area (Å²) in [4.78, 5) is 25.5. The van der Waals surface area contributed by atoms with Crippen molar-refractivity contribution in [2.24, 2.45) is 11.1 Å². The maximum absolute atomic E-state index is 13.0. The predicted molar refractivity (Wildman–Crippen MR) is 78.3 cm³/mol. The first-order chi connectivity index (χ1) is 9.23. The van der Waals surface area contributed by atoms with Crippen LogP contribution in [0.25, 0.3) is 0 Å². The van der Waals surface area contributed by atoms with E-state index in [-0.39, 0.29) is 12.5 Å². The molecule has 3 N–H and O–H groups in total. The summed E-state index contributed by atoms with van der Waals surface area (Å²) in [6.07, 6.45) is 5.79. The van der Waals surface area contributed by atoms with Crippen molar-refractivity contribution in [2.75, 3.05) is 13.1 Å².